The van der Waals surface area contributed by atoms with Gasteiger partial charge >= 0.3 is 6.18 Å². The number of hydrogen-bond acceptors (Lipinski definition) is 2. The highest BCUT2D eigenvalue weighted by Gasteiger charge is 2.32. The Morgan fingerprint density at radius 1 is 1.25 bits per heavy atom. The van der Waals surface area contributed by atoms with E-state index in [2.05, 4.69) is 10.4 Å². The van der Waals surface area contributed by atoms with Crippen molar-refractivity contribution in [3.05, 3.63) is 53.3 Å². The number of rotatable bonds is 5. The van der Waals surface area contributed by atoms with Crippen molar-refractivity contribution in [1.82, 2.24) is 15.1 Å². The van der Waals surface area contributed by atoms with Crippen LogP contribution in [0, 0.1) is 0 Å². The molecule has 0 atom stereocenters. The maximum atomic E-state index is 12.5. The van der Waals surface area contributed by atoms with Gasteiger partial charge in [-0.15, -0.1) is 0 Å². The minimum absolute atomic E-state index is 0.329. The maximum absolute atomic E-state index is 12.5. The summed E-state index contributed by atoms with van der Waals surface area (Å²) in [6, 6.07) is 7.73. The number of nitrogens with zero attached hydrogens (tertiary/aromatic N) is 2. The number of hydrogen-bond donors (Lipinski definition) is 1. The highest BCUT2D eigenvalue weighted by Crippen LogP contribution is 2.28. The molecule has 0 saturated heterocycles. The normalized spacial score (nSPS) is 11.8. The largest absolute Gasteiger partial charge is 0.419 e. The van der Waals surface area contributed by atoms with Crippen molar-refractivity contribution in [2.75, 3.05) is 6.54 Å². The molecule has 6 heteroatoms. The van der Waals surface area contributed by atoms with E-state index >= 15 is 0 Å². The molecule has 2 aromatic rings. The maximum Gasteiger partial charge on any atom is 0.419 e. The molecule has 0 bridgehead atoms. The zero-order valence-corrected chi connectivity index (χ0v) is 11.1. The van der Waals surface area contributed by atoms with Crippen LogP contribution < -0.4 is 5.32 Å². The summed E-state index contributed by atoms with van der Waals surface area (Å²) in [5.41, 5.74) is 1.31. The highest BCUT2D eigenvalue weighted by molar-refractivity contribution is 5.24. The molecule has 0 unspecified atom stereocenters. The standard InChI is InChI=1S/C14H16F3N3/c1-2-18-7-11-4-3-5-12(6-11)9-20-10-13(8-19-20)14(15,16)17/h3-6,8,10,18H,2,7,9H2,1H3. The van der Waals surface area contributed by atoms with Crippen LogP contribution in [0.15, 0.2) is 36.7 Å². The third kappa shape index (κ3) is 3.84. The summed E-state index contributed by atoms with van der Waals surface area (Å²) in [5.74, 6) is 0. The Balaban J connectivity index is 2.08. The van der Waals surface area contributed by atoms with Crippen LogP contribution in [0.1, 0.15) is 23.6 Å². The first-order chi connectivity index (χ1) is 9.49. The Morgan fingerprint density at radius 3 is 2.65 bits per heavy atom. The molecule has 0 radical (unpaired) electrons. The van der Waals surface area contributed by atoms with Crippen LogP contribution in [0.5, 0.6) is 0 Å². The lowest BCUT2D eigenvalue weighted by atomic mass is 10.1. The summed E-state index contributed by atoms with van der Waals surface area (Å²) in [5, 5.41) is 6.96. The Bertz CT molecular complexity index is 561. The molecule has 1 aromatic heterocycles. The van der Waals surface area contributed by atoms with E-state index in [-0.39, 0.29) is 0 Å². The van der Waals surface area contributed by atoms with Crippen LogP contribution in [-0.2, 0) is 19.3 Å². The van der Waals surface area contributed by atoms with Crippen molar-refractivity contribution in [3.63, 3.8) is 0 Å². The van der Waals surface area contributed by atoms with Gasteiger partial charge in [-0.2, -0.15) is 18.3 Å². The van der Waals surface area contributed by atoms with Gasteiger partial charge in [-0.3, -0.25) is 4.68 Å². The third-order valence-corrected chi connectivity index (χ3v) is 2.88. The smallest absolute Gasteiger partial charge is 0.313 e. The average molecular weight is 283 g/mol. The summed E-state index contributed by atoms with van der Waals surface area (Å²) < 4.78 is 38.7. The molecule has 0 saturated carbocycles. The Labute approximate surface area is 115 Å². The van der Waals surface area contributed by atoms with Crippen LogP contribution in [0.2, 0.25) is 0 Å². The molecule has 1 aromatic carbocycles. The lowest BCUT2D eigenvalue weighted by molar-refractivity contribution is -0.137. The van der Waals surface area contributed by atoms with Gasteiger partial charge in [0.1, 0.15) is 0 Å². The number of benzene rings is 1. The van der Waals surface area contributed by atoms with Crippen molar-refractivity contribution < 1.29 is 13.2 Å². The summed E-state index contributed by atoms with van der Waals surface area (Å²) in [4.78, 5) is 0. The van der Waals surface area contributed by atoms with E-state index in [1.165, 1.54) is 4.68 Å². The van der Waals surface area contributed by atoms with Crippen molar-refractivity contribution in [3.8, 4) is 0 Å². The van der Waals surface area contributed by atoms with Gasteiger partial charge < -0.3 is 5.32 Å². The first-order valence-corrected chi connectivity index (χ1v) is 6.37. The molecule has 3 nitrogen and oxygen atoms in total. The van der Waals surface area contributed by atoms with Crippen LogP contribution in [0.3, 0.4) is 0 Å². The second-order valence-corrected chi connectivity index (χ2v) is 4.52. The highest BCUT2D eigenvalue weighted by atomic mass is 19.4. The second kappa shape index (κ2) is 6.09. The van der Waals surface area contributed by atoms with Gasteiger partial charge in [-0.1, -0.05) is 31.2 Å². The predicted molar refractivity (Wildman–Crippen MR) is 70.2 cm³/mol. The molecule has 1 heterocycles. The summed E-state index contributed by atoms with van der Waals surface area (Å²) >= 11 is 0. The molecule has 108 valence electrons. The molecule has 0 spiro atoms. The van der Waals surface area contributed by atoms with Crippen LogP contribution in [-0.4, -0.2) is 16.3 Å². The van der Waals surface area contributed by atoms with Crippen LogP contribution in [0.4, 0.5) is 13.2 Å². The monoisotopic (exact) mass is 283 g/mol. The summed E-state index contributed by atoms with van der Waals surface area (Å²) in [6.45, 7) is 3.97. The summed E-state index contributed by atoms with van der Waals surface area (Å²) in [6.07, 6.45) is -2.47. The van der Waals surface area contributed by atoms with Gasteiger partial charge in [0.05, 0.1) is 18.3 Å². The second-order valence-electron chi connectivity index (χ2n) is 4.52. The predicted octanol–water partition coefficient (Wildman–Crippen LogP) is 3.06. The quantitative estimate of drug-likeness (QED) is 0.914. The van der Waals surface area contributed by atoms with E-state index in [0.29, 0.717) is 6.54 Å². The van der Waals surface area contributed by atoms with Gasteiger partial charge in [0, 0.05) is 12.7 Å². The van der Waals surface area contributed by atoms with E-state index < -0.39 is 11.7 Å². The molecular weight excluding hydrogens is 267 g/mol. The molecule has 1 N–H and O–H groups in total. The summed E-state index contributed by atoms with van der Waals surface area (Å²) in [7, 11) is 0. The molecule has 2 rings (SSSR count). The van der Waals surface area contributed by atoms with E-state index in [1.807, 2.05) is 31.2 Å². The van der Waals surface area contributed by atoms with Gasteiger partial charge in [0.15, 0.2) is 0 Å². The number of nitrogens with one attached hydrogen (secondary N) is 1. The lowest BCUT2D eigenvalue weighted by Gasteiger charge is -2.06. The minimum Gasteiger partial charge on any atom is -0.313 e. The minimum atomic E-state index is -4.34. The van der Waals surface area contributed by atoms with E-state index in [1.54, 1.807) is 0 Å². The molecule has 20 heavy (non-hydrogen) atoms. The van der Waals surface area contributed by atoms with Gasteiger partial charge in [-0.05, 0) is 17.7 Å². The van der Waals surface area contributed by atoms with Crippen molar-refractivity contribution in [2.45, 2.75) is 26.2 Å². The Hall–Kier alpha value is -1.82. The Morgan fingerprint density at radius 2 is 2.00 bits per heavy atom. The fourth-order valence-corrected chi connectivity index (χ4v) is 1.89. The fraction of sp³-hybridized carbons (Fsp3) is 0.357. The van der Waals surface area contributed by atoms with Crippen molar-refractivity contribution >= 4 is 0 Å². The van der Waals surface area contributed by atoms with Gasteiger partial charge in [0.2, 0.25) is 0 Å². The molecule has 0 aliphatic carbocycles. The molecule has 0 amide bonds. The zero-order valence-electron chi connectivity index (χ0n) is 11.1. The number of alkyl halides is 3. The molecule has 0 aliphatic heterocycles. The van der Waals surface area contributed by atoms with E-state index in [9.17, 15) is 13.2 Å². The van der Waals surface area contributed by atoms with Crippen LogP contribution >= 0.6 is 0 Å². The molecule has 0 aliphatic rings. The van der Waals surface area contributed by atoms with Crippen molar-refractivity contribution in [1.29, 1.82) is 0 Å². The average Bonchev–Trinajstić information content (AvgIpc) is 2.85. The van der Waals surface area contributed by atoms with Gasteiger partial charge in [-0.25, -0.2) is 0 Å². The Kier molecular flexibility index (Phi) is 4.44. The third-order valence-electron chi connectivity index (χ3n) is 2.88. The SMILES string of the molecule is CCNCc1cccc(Cn2cc(C(F)(F)F)cn2)c1. The van der Waals surface area contributed by atoms with E-state index in [0.717, 1.165) is 36.6 Å². The fourth-order valence-electron chi connectivity index (χ4n) is 1.89. The first kappa shape index (κ1) is 14.6. The number of aromatic nitrogens is 2. The first-order valence-electron chi connectivity index (χ1n) is 6.37. The lowest BCUT2D eigenvalue weighted by Crippen LogP contribution is -2.12. The molecular formula is C14H16F3N3. The van der Waals surface area contributed by atoms with Crippen molar-refractivity contribution in [2.24, 2.45) is 0 Å². The topological polar surface area (TPSA) is 29.9 Å². The van der Waals surface area contributed by atoms with Crippen LogP contribution in [0.25, 0.3) is 0 Å². The van der Waals surface area contributed by atoms with Gasteiger partial charge in [0.25, 0.3) is 0 Å². The van der Waals surface area contributed by atoms with E-state index in [4.69, 9.17) is 0 Å². The zero-order chi connectivity index (χ0) is 14.6. The number of halogens is 3. The molecule has 0 fully saturated rings.